The Morgan fingerprint density at radius 3 is 2.53 bits per heavy atom. The highest BCUT2D eigenvalue weighted by atomic mass is 16.7. The predicted molar refractivity (Wildman–Crippen MR) is 103 cm³/mol. The minimum Gasteiger partial charge on any atom is -0.485 e. The Hall–Kier alpha value is -3.26. The predicted octanol–water partition coefficient (Wildman–Crippen LogP) is 3.41. The second-order valence-electron chi connectivity index (χ2n) is 7.57. The lowest BCUT2D eigenvalue weighted by molar-refractivity contribution is 0.0480. The van der Waals surface area contributed by atoms with Gasteiger partial charge in [0.1, 0.15) is 6.61 Å². The van der Waals surface area contributed by atoms with Gasteiger partial charge in [-0.2, -0.15) is 0 Å². The monoisotopic (exact) mass is 408 g/mol. The second-order valence-corrected chi connectivity index (χ2v) is 7.57. The summed E-state index contributed by atoms with van der Waals surface area (Å²) >= 11 is 0. The smallest absolute Gasteiger partial charge is 0.260 e. The second kappa shape index (κ2) is 6.91. The van der Waals surface area contributed by atoms with Gasteiger partial charge in [-0.05, 0) is 42.7 Å². The van der Waals surface area contributed by atoms with Crippen LogP contribution in [-0.2, 0) is 10.2 Å². The van der Waals surface area contributed by atoms with Crippen molar-refractivity contribution in [3.05, 3.63) is 59.8 Å². The molecule has 154 valence electrons. The molecule has 2 aromatic carbocycles. The van der Waals surface area contributed by atoms with Crippen molar-refractivity contribution < 1.29 is 28.1 Å². The third-order valence-corrected chi connectivity index (χ3v) is 5.91. The van der Waals surface area contributed by atoms with Crippen molar-refractivity contribution >= 4 is 0 Å². The van der Waals surface area contributed by atoms with Gasteiger partial charge in [0.15, 0.2) is 23.0 Å². The fourth-order valence-corrected chi connectivity index (χ4v) is 4.24. The van der Waals surface area contributed by atoms with E-state index in [2.05, 4.69) is 10.2 Å². The fraction of sp³-hybridized carbons (Fsp3) is 0.364. The molecule has 8 nitrogen and oxygen atoms in total. The Bertz CT molecular complexity index is 1070. The molecule has 1 aromatic heterocycles. The molecule has 0 N–H and O–H groups in total. The van der Waals surface area contributed by atoms with E-state index in [1.807, 2.05) is 42.5 Å². The van der Waals surface area contributed by atoms with Gasteiger partial charge in [-0.3, -0.25) is 0 Å². The number of para-hydroxylation sites is 2. The summed E-state index contributed by atoms with van der Waals surface area (Å²) in [7, 11) is 0. The van der Waals surface area contributed by atoms with Crippen LogP contribution in [0.2, 0.25) is 0 Å². The van der Waals surface area contributed by atoms with Crippen LogP contribution in [0.4, 0.5) is 0 Å². The molecule has 1 fully saturated rings. The van der Waals surface area contributed by atoms with Gasteiger partial charge < -0.3 is 28.1 Å². The molecule has 1 unspecified atom stereocenters. The van der Waals surface area contributed by atoms with E-state index in [1.54, 1.807) is 0 Å². The normalized spacial score (nSPS) is 21.4. The van der Waals surface area contributed by atoms with Gasteiger partial charge in [0.05, 0.1) is 5.41 Å². The van der Waals surface area contributed by atoms with E-state index in [-0.39, 0.29) is 6.79 Å². The van der Waals surface area contributed by atoms with Crippen molar-refractivity contribution in [2.45, 2.75) is 24.4 Å². The van der Waals surface area contributed by atoms with Crippen molar-refractivity contribution in [1.82, 2.24) is 10.2 Å². The molecule has 1 atom stereocenters. The maximum Gasteiger partial charge on any atom is 0.260 e. The lowest BCUT2D eigenvalue weighted by atomic mass is 9.74. The summed E-state index contributed by atoms with van der Waals surface area (Å²) < 4.78 is 34.7. The first-order valence-electron chi connectivity index (χ1n) is 10.0. The van der Waals surface area contributed by atoms with Crippen molar-refractivity contribution in [3.63, 3.8) is 0 Å². The molecule has 0 radical (unpaired) electrons. The zero-order valence-electron chi connectivity index (χ0n) is 16.2. The van der Waals surface area contributed by atoms with Gasteiger partial charge in [0.25, 0.3) is 5.89 Å². The number of ether oxygens (including phenoxy) is 5. The molecule has 1 saturated heterocycles. The van der Waals surface area contributed by atoms with Crippen molar-refractivity contribution in [2.24, 2.45) is 0 Å². The number of hydrogen-bond acceptors (Lipinski definition) is 8. The molecule has 3 aromatic rings. The summed E-state index contributed by atoms with van der Waals surface area (Å²) in [6.07, 6.45) is 1.02. The molecule has 0 bridgehead atoms. The highest BCUT2D eigenvalue weighted by Gasteiger charge is 2.43. The first-order valence-corrected chi connectivity index (χ1v) is 10.0. The van der Waals surface area contributed by atoms with Crippen LogP contribution in [0.15, 0.2) is 46.9 Å². The number of nitrogens with zero attached hydrogens (tertiary/aromatic N) is 2. The minimum atomic E-state index is -0.449. The number of fused-ring (bicyclic) bond motifs is 2. The van der Waals surface area contributed by atoms with Gasteiger partial charge in [0, 0.05) is 13.2 Å². The van der Waals surface area contributed by atoms with E-state index in [9.17, 15) is 0 Å². The van der Waals surface area contributed by atoms with E-state index in [1.165, 1.54) is 0 Å². The average molecular weight is 408 g/mol. The first-order chi connectivity index (χ1) is 14.8. The molecule has 0 spiro atoms. The minimum absolute atomic E-state index is 0.236. The number of benzene rings is 2. The molecule has 0 amide bonds. The topological polar surface area (TPSA) is 85.1 Å². The van der Waals surface area contributed by atoms with Crippen LogP contribution in [0.25, 0.3) is 0 Å². The van der Waals surface area contributed by atoms with Crippen LogP contribution in [0.5, 0.6) is 23.0 Å². The number of hydrogen-bond donors (Lipinski definition) is 0. The molecular weight excluding hydrogens is 388 g/mol. The Balaban J connectivity index is 1.35. The summed E-state index contributed by atoms with van der Waals surface area (Å²) in [5.41, 5.74) is 0.606. The van der Waals surface area contributed by atoms with Gasteiger partial charge in [-0.15, -0.1) is 10.2 Å². The maximum atomic E-state index is 6.20. The van der Waals surface area contributed by atoms with Crippen LogP contribution >= 0.6 is 0 Å². The zero-order valence-corrected chi connectivity index (χ0v) is 16.2. The van der Waals surface area contributed by atoms with Crippen molar-refractivity contribution in [1.29, 1.82) is 0 Å². The summed E-state index contributed by atoms with van der Waals surface area (Å²) in [6.45, 7) is 1.78. The van der Waals surface area contributed by atoms with Gasteiger partial charge in [-0.1, -0.05) is 18.2 Å². The van der Waals surface area contributed by atoms with Crippen molar-refractivity contribution in [3.8, 4) is 23.0 Å². The molecule has 0 aliphatic carbocycles. The third kappa shape index (κ3) is 2.79. The summed E-state index contributed by atoms with van der Waals surface area (Å²) in [5, 5.41) is 8.75. The highest BCUT2D eigenvalue weighted by Crippen LogP contribution is 2.45. The maximum absolute atomic E-state index is 6.20. The van der Waals surface area contributed by atoms with Gasteiger partial charge in [-0.25, -0.2) is 0 Å². The van der Waals surface area contributed by atoms with Crippen LogP contribution in [0.1, 0.15) is 36.3 Å². The van der Waals surface area contributed by atoms with Crippen LogP contribution in [-0.4, -0.2) is 36.8 Å². The molecule has 8 heteroatoms. The van der Waals surface area contributed by atoms with Crippen molar-refractivity contribution in [2.75, 3.05) is 26.6 Å². The zero-order chi connectivity index (χ0) is 20.0. The van der Waals surface area contributed by atoms with Gasteiger partial charge in [0.2, 0.25) is 18.8 Å². The van der Waals surface area contributed by atoms with Gasteiger partial charge >= 0.3 is 0 Å². The third-order valence-electron chi connectivity index (χ3n) is 5.91. The average Bonchev–Trinajstić information content (AvgIpc) is 3.49. The highest BCUT2D eigenvalue weighted by molar-refractivity contribution is 5.48. The van der Waals surface area contributed by atoms with E-state index < -0.39 is 11.5 Å². The van der Waals surface area contributed by atoms with Crippen LogP contribution in [0.3, 0.4) is 0 Å². The summed E-state index contributed by atoms with van der Waals surface area (Å²) in [4.78, 5) is 0. The number of aromatic nitrogens is 2. The molecule has 30 heavy (non-hydrogen) atoms. The first kappa shape index (κ1) is 17.6. The molecule has 3 aliphatic rings. The van der Waals surface area contributed by atoms with E-state index >= 15 is 0 Å². The summed E-state index contributed by atoms with van der Waals surface area (Å²) in [6, 6.07) is 13.5. The SMILES string of the molecule is c1ccc2c(c1)OCC(c1nnc(C3(c4ccc5c(c4)OCO5)CCOCC3)o1)O2. The lowest BCUT2D eigenvalue weighted by Gasteiger charge is -2.34. The molecule has 0 saturated carbocycles. The standard InChI is InChI=1S/C22H20N2O6/c1-2-4-17-15(3-1)26-12-19(29-17)20-23-24-21(30-20)22(7-9-25-10-8-22)14-5-6-16-18(11-14)28-13-27-16/h1-6,11,19H,7-10,12-13H2. The van der Waals surface area contributed by atoms with Crippen LogP contribution < -0.4 is 18.9 Å². The molecule has 3 aliphatic heterocycles. The lowest BCUT2D eigenvalue weighted by Crippen LogP contribution is -2.35. The quantitative estimate of drug-likeness (QED) is 0.652. The Labute approximate surface area is 172 Å². The largest absolute Gasteiger partial charge is 0.485 e. The Kier molecular flexibility index (Phi) is 4.05. The van der Waals surface area contributed by atoms with E-state index in [0.29, 0.717) is 37.4 Å². The summed E-state index contributed by atoms with van der Waals surface area (Å²) in [5.74, 6) is 3.84. The van der Waals surface area contributed by atoms with E-state index in [4.69, 9.17) is 28.1 Å². The van der Waals surface area contributed by atoms with Crippen LogP contribution in [0, 0.1) is 0 Å². The number of rotatable bonds is 3. The Morgan fingerprint density at radius 2 is 1.63 bits per heavy atom. The molecular formula is C22H20N2O6. The van der Waals surface area contributed by atoms with E-state index in [0.717, 1.165) is 35.7 Å². The Morgan fingerprint density at radius 1 is 0.833 bits per heavy atom. The fourth-order valence-electron chi connectivity index (χ4n) is 4.24. The molecule has 6 rings (SSSR count). The molecule has 4 heterocycles.